The lowest BCUT2D eigenvalue weighted by Crippen LogP contribution is -2.35. The average molecular weight is 305 g/mol. The minimum absolute atomic E-state index is 0.0562. The normalized spacial score (nSPS) is 12.7. The first-order valence-corrected chi connectivity index (χ1v) is 6.25. The standard InChI is InChI=1S/C12H14Cl2N2O3/c1-12(2,3)19-11(18)15-8(6-17)7-4-5-9(13)16-10(7)14/h4-6,8H,1-3H3,(H,15,18). The highest BCUT2D eigenvalue weighted by molar-refractivity contribution is 6.33. The Hall–Kier alpha value is -1.33. The number of halogens is 2. The van der Waals surface area contributed by atoms with Crippen molar-refractivity contribution in [2.45, 2.75) is 32.4 Å². The van der Waals surface area contributed by atoms with E-state index in [-0.39, 0.29) is 10.3 Å². The van der Waals surface area contributed by atoms with Gasteiger partial charge in [-0.3, -0.25) is 0 Å². The Morgan fingerprint density at radius 3 is 2.53 bits per heavy atom. The molecule has 1 aromatic rings. The lowest BCUT2D eigenvalue weighted by molar-refractivity contribution is -0.109. The van der Waals surface area contributed by atoms with Crippen LogP contribution in [0.2, 0.25) is 10.3 Å². The van der Waals surface area contributed by atoms with Gasteiger partial charge in [-0.1, -0.05) is 29.3 Å². The molecule has 1 atom stereocenters. The molecule has 0 aliphatic heterocycles. The maximum atomic E-state index is 11.6. The average Bonchev–Trinajstić information content (AvgIpc) is 2.24. The van der Waals surface area contributed by atoms with E-state index >= 15 is 0 Å². The van der Waals surface area contributed by atoms with Crippen molar-refractivity contribution in [2.75, 3.05) is 0 Å². The fourth-order valence-corrected chi connectivity index (χ4v) is 1.74. The number of hydrogen-bond acceptors (Lipinski definition) is 4. The van der Waals surface area contributed by atoms with Gasteiger partial charge >= 0.3 is 6.09 Å². The minimum atomic E-state index is -0.938. The summed E-state index contributed by atoms with van der Waals surface area (Å²) in [6.45, 7) is 5.16. The summed E-state index contributed by atoms with van der Waals surface area (Å²) in [5, 5.41) is 2.66. The molecular weight excluding hydrogens is 291 g/mol. The zero-order valence-electron chi connectivity index (χ0n) is 10.7. The van der Waals surface area contributed by atoms with Gasteiger partial charge in [0.2, 0.25) is 0 Å². The molecule has 0 aromatic carbocycles. The van der Waals surface area contributed by atoms with E-state index < -0.39 is 17.7 Å². The van der Waals surface area contributed by atoms with Crippen LogP contribution in [0.1, 0.15) is 32.4 Å². The van der Waals surface area contributed by atoms with Crippen molar-refractivity contribution in [3.8, 4) is 0 Å². The van der Waals surface area contributed by atoms with Crippen molar-refractivity contribution in [2.24, 2.45) is 0 Å². The molecule has 0 saturated carbocycles. The van der Waals surface area contributed by atoms with Gasteiger partial charge < -0.3 is 14.8 Å². The van der Waals surface area contributed by atoms with Gasteiger partial charge in [-0.25, -0.2) is 9.78 Å². The summed E-state index contributed by atoms with van der Waals surface area (Å²) in [6.07, 6.45) is -0.170. The van der Waals surface area contributed by atoms with Crippen LogP contribution < -0.4 is 5.32 Å². The monoisotopic (exact) mass is 304 g/mol. The van der Waals surface area contributed by atoms with Crippen LogP contribution in [0, 0.1) is 0 Å². The lowest BCUT2D eigenvalue weighted by Gasteiger charge is -2.21. The van der Waals surface area contributed by atoms with Crippen LogP contribution in [0.4, 0.5) is 4.79 Å². The zero-order valence-corrected chi connectivity index (χ0v) is 12.2. The Bertz CT molecular complexity index is 486. The third-order valence-corrected chi connectivity index (χ3v) is 2.50. The predicted molar refractivity (Wildman–Crippen MR) is 72.4 cm³/mol. The van der Waals surface area contributed by atoms with Crippen molar-refractivity contribution in [3.05, 3.63) is 28.0 Å². The number of carbonyl (C=O) groups excluding carboxylic acids is 2. The number of pyridine rings is 1. The zero-order chi connectivity index (χ0) is 14.6. The molecule has 1 N–H and O–H groups in total. The Labute approximate surface area is 121 Å². The van der Waals surface area contributed by atoms with E-state index in [1.165, 1.54) is 12.1 Å². The van der Waals surface area contributed by atoms with Gasteiger partial charge in [0.05, 0.1) is 0 Å². The van der Waals surface area contributed by atoms with Crippen molar-refractivity contribution in [3.63, 3.8) is 0 Å². The van der Waals surface area contributed by atoms with Crippen LogP contribution in [0.3, 0.4) is 0 Å². The van der Waals surface area contributed by atoms with E-state index in [4.69, 9.17) is 27.9 Å². The van der Waals surface area contributed by atoms with Gasteiger partial charge in [-0.05, 0) is 26.8 Å². The lowest BCUT2D eigenvalue weighted by atomic mass is 10.1. The minimum Gasteiger partial charge on any atom is -0.444 e. The van der Waals surface area contributed by atoms with Crippen LogP contribution in [-0.2, 0) is 9.53 Å². The number of ether oxygens (including phenoxy) is 1. The fourth-order valence-electron chi connectivity index (χ4n) is 1.27. The largest absolute Gasteiger partial charge is 0.444 e. The third kappa shape index (κ3) is 5.04. The molecule has 104 valence electrons. The Morgan fingerprint density at radius 1 is 1.42 bits per heavy atom. The number of nitrogens with zero attached hydrogens (tertiary/aromatic N) is 1. The molecule has 0 saturated heterocycles. The number of nitrogens with one attached hydrogen (secondary N) is 1. The maximum absolute atomic E-state index is 11.6. The number of carbonyl (C=O) groups is 2. The van der Waals surface area contributed by atoms with E-state index in [1.807, 2.05) is 0 Å². The van der Waals surface area contributed by atoms with Crippen LogP contribution in [0.15, 0.2) is 12.1 Å². The van der Waals surface area contributed by atoms with E-state index in [2.05, 4.69) is 10.3 Å². The Morgan fingerprint density at radius 2 is 2.05 bits per heavy atom. The van der Waals surface area contributed by atoms with E-state index in [9.17, 15) is 9.59 Å². The first-order chi connectivity index (χ1) is 8.73. The van der Waals surface area contributed by atoms with Gasteiger partial charge in [0, 0.05) is 5.56 Å². The first-order valence-electron chi connectivity index (χ1n) is 5.49. The number of aromatic nitrogens is 1. The van der Waals surface area contributed by atoms with Crippen LogP contribution in [0.5, 0.6) is 0 Å². The Kier molecular flexibility index (Phi) is 5.14. The molecule has 19 heavy (non-hydrogen) atoms. The summed E-state index contributed by atoms with van der Waals surface area (Å²) in [5.41, 5.74) is -0.300. The predicted octanol–water partition coefficient (Wildman–Crippen LogP) is 3.15. The quantitative estimate of drug-likeness (QED) is 0.688. The van der Waals surface area contributed by atoms with Gasteiger partial charge in [0.15, 0.2) is 0 Å². The molecule has 1 unspecified atom stereocenters. The Balaban J connectivity index is 2.84. The second kappa shape index (κ2) is 6.21. The molecular formula is C12H14Cl2N2O3. The molecule has 0 fully saturated rings. The van der Waals surface area contributed by atoms with E-state index in [0.717, 1.165) is 0 Å². The number of hydrogen-bond donors (Lipinski definition) is 1. The second-order valence-corrected chi connectivity index (χ2v) is 5.52. The van der Waals surface area contributed by atoms with Gasteiger partial charge in [0.25, 0.3) is 0 Å². The number of aldehydes is 1. The smallest absolute Gasteiger partial charge is 0.408 e. The second-order valence-electron chi connectivity index (χ2n) is 4.77. The topological polar surface area (TPSA) is 68.3 Å². The van der Waals surface area contributed by atoms with Crippen LogP contribution >= 0.6 is 23.2 Å². The maximum Gasteiger partial charge on any atom is 0.408 e. The van der Waals surface area contributed by atoms with Gasteiger partial charge in [-0.15, -0.1) is 0 Å². The van der Waals surface area contributed by atoms with Gasteiger partial charge in [0.1, 0.15) is 28.2 Å². The van der Waals surface area contributed by atoms with Crippen LogP contribution in [0.25, 0.3) is 0 Å². The number of alkyl carbamates (subject to hydrolysis) is 1. The van der Waals surface area contributed by atoms with Crippen molar-refractivity contribution >= 4 is 35.6 Å². The summed E-state index contributed by atoms with van der Waals surface area (Å²) in [7, 11) is 0. The first kappa shape index (κ1) is 15.7. The molecule has 1 aromatic heterocycles. The molecule has 0 aliphatic carbocycles. The molecule has 0 spiro atoms. The summed E-state index contributed by atoms with van der Waals surface area (Å²) in [6, 6.07) is 2.07. The molecule has 5 nitrogen and oxygen atoms in total. The van der Waals surface area contributed by atoms with Crippen molar-refractivity contribution in [1.82, 2.24) is 10.3 Å². The molecule has 1 amide bonds. The molecule has 0 aliphatic rings. The van der Waals surface area contributed by atoms with Gasteiger partial charge in [-0.2, -0.15) is 0 Å². The molecule has 0 bridgehead atoms. The SMILES string of the molecule is CC(C)(C)OC(=O)NC(C=O)c1ccc(Cl)nc1Cl. The fraction of sp³-hybridized carbons (Fsp3) is 0.417. The van der Waals surface area contributed by atoms with E-state index in [0.29, 0.717) is 11.8 Å². The summed E-state index contributed by atoms with van der Waals surface area (Å²) >= 11 is 11.5. The number of amides is 1. The highest BCUT2D eigenvalue weighted by Crippen LogP contribution is 2.22. The third-order valence-electron chi connectivity index (χ3n) is 1.99. The number of rotatable bonds is 3. The molecule has 0 radical (unpaired) electrons. The highest BCUT2D eigenvalue weighted by atomic mass is 35.5. The highest BCUT2D eigenvalue weighted by Gasteiger charge is 2.22. The van der Waals surface area contributed by atoms with E-state index in [1.54, 1.807) is 20.8 Å². The van der Waals surface area contributed by atoms with Crippen molar-refractivity contribution < 1.29 is 14.3 Å². The summed E-state index contributed by atoms with van der Waals surface area (Å²) in [5.74, 6) is 0. The van der Waals surface area contributed by atoms with Crippen LogP contribution in [-0.4, -0.2) is 23.0 Å². The van der Waals surface area contributed by atoms with Crippen molar-refractivity contribution in [1.29, 1.82) is 0 Å². The molecule has 7 heteroatoms. The molecule has 1 heterocycles. The summed E-state index contributed by atoms with van der Waals surface area (Å²) < 4.78 is 5.06. The summed E-state index contributed by atoms with van der Waals surface area (Å²) in [4.78, 5) is 26.5. The molecule has 1 rings (SSSR count).